The molecule has 8 heteroatoms. The minimum Gasteiger partial charge on any atom is -0.480 e. The Morgan fingerprint density at radius 1 is 1.43 bits per heavy atom. The number of H-pyrrole nitrogens is 1. The predicted octanol–water partition coefficient (Wildman–Crippen LogP) is 1.95. The number of carboxylic acids is 1. The van der Waals surface area contributed by atoms with Crippen molar-refractivity contribution in [3.05, 3.63) is 41.0 Å². The number of aliphatic carboxylic acids is 1. The molecule has 122 valence electrons. The quantitative estimate of drug-likeness (QED) is 0.716. The number of amides is 1. The van der Waals surface area contributed by atoms with E-state index in [0.717, 1.165) is 0 Å². The summed E-state index contributed by atoms with van der Waals surface area (Å²) in [5.41, 5.74) is 1.34. The van der Waals surface area contributed by atoms with Gasteiger partial charge in [0.05, 0.1) is 10.7 Å². The highest BCUT2D eigenvalue weighted by molar-refractivity contribution is 6.33. The van der Waals surface area contributed by atoms with E-state index in [0.29, 0.717) is 16.3 Å². The molecule has 3 N–H and O–H groups in total. The summed E-state index contributed by atoms with van der Waals surface area (Å²) in [6, 6.07) is 7.58. The lowest BCUT2D eigenvalue weighted by molar-refractivity contribution is -0.139. The number of nitrogens with one attached hydrogen (secondary N) is 2. The van der Waals surface area contributed by atoms with Gasteiger partial charge in [-0.2, -0.15) is 5.10 Å². The van der Waals surface area contributed by atoms with Crippen LogP contribution in [-0.2, 0) is 9.53 Å². The molecule has 1 amide bonds. The van der Waals surface area contributed by atoms with Crippen LogP contribution in [-0.4, -0.2) is 46.9 Å². The number of hydrogen-bond donors (Lipinski definition) is 3. The van der Waals surface area contributed by atoms with Crippen LogP contribution in [0.1, 0.15) is 16.9 Å². The smallest absolute Gasteiger partial charge is 0.326 e. The van der Waals surface area contributed by atoms with Gasteiger partial charge in [-0.3, -0.25) is 9.89 Å². The first-order chi connectivity index (χ1) is 11.0. The lowest BCUT2D eigenvalue weighted by Gasteiger charge is -2.12. The molecule has 0 saturated carbocycles. The number of carboxylic acid groups (broad SMARTS) is 1. The minimum atomic E-state index is -1.12. The summed E-state index contributed by atoms with van der Waals surface area (Å²) in [5, 5.41) is 18.7. The molecule has 1 heterocycles. The maximum Gasteiger partial charge on any atom is 0.326 e. The molecule has 0 bridgehead atoms. The zero-order valence-corrected chi connectivity index (χ0v) is 13.1. The van der Waals surface area contributed by atoms with Crippen LogP contribution in [0.2, 0.25) is 5.02 Å². The van der Waals surface area contributed by atoms with Crippen LogP contribution < -0.4 is 5.32 Å². The monoisotopic (exact) mass is 337 g/mol. The number of aromatic nitrogens is 2. The van der Waals surface area contributed by atoms with E-state index in [1.807, 2.05) is 0 Å². The Morgan fingerprint density at radius 2 is 2.17 bits per heavy atom. The lowest BCUT2D eigenvalue weighted by atomic mass is 10.1. The van der Waals surface area contributed by atoms with Gasteiger partial charge in [0.1, 0.15) is 11.7 Å². The van der Waals surface area contributed by atoms with Gasteiger partial charge in [-0.1, -0.05) is 29.8 Å². The lowest BCUT2D eigenvalue weighted by Crippen LogP contribution is -2.41. The second kappa shape index (κ2) is 7.75. The van der Waals surface area contributed by atoms with Crippen molar-refractivity contribution >= 4 is 23.5 Å². The SMILES string of the molecule is COCCC(NC(=O)c1cc(-c2ccccc2Cl)n[nH]1)C(=O)O. The largest absolute Gasteiger partial charge is 0.480 e. The Morgan fingerprint density at radius 3 is 2.83 bits per heavy atom. The Labute approximate surface area is 137 Å². The average molecular weight is 338 g/mol. The highest BCUT2D eigenvalue weighted by Gasteiger charge is 2.21. The zero-order chi connectivity index (χ0) is 16.8. The number of carbonyl (C=O) groups is 2. The highest BCUT2D eigenvalue weighted by atomic mass is 35.5. The number of ether oxygens (including phenoxy) is 1. The van der Waals surface area contributed by atoms with Crippen LogP contribution in [0, 0.1) is 0 Å². The number of halogens is 1. The first kappa shape index (κ1) is 17.0. The summed E-state index contributed by atoms with van der Waals surface area (Å²) in [7, 11) is 1.46. The molecular formula is C15H16ClN3O4. The molecule has 0 saturated heterocycles. The Balaban J connectivity index is 2.12. The van der Waals surface area contributed by atoms with Gasteiger partial charge in [0.25, 0.3) is 5.91 Å². The number of carbonyl (C=O) groups excluding carboxylic acids is 1. The first-order valence-electron chi connectivity index (χ1n) is 6.86. The molecule has 1 unspecified atom stereocenters. The van der Waals surface area contributed by atoms with E-state index in [1.165, 1.54) is 13.2 Å². The van der Waals surface area contributed by atoms with Crippen molar-refractivity contribution < 1.29 is 19.4 Å². The second-order valence-corrected chi connectivity index (χ2v) is 5.20. The van der Waals surface area contributed by atoms with E-state index in [1.54, 1.807) is 24.3 Å². The molecule has 2 aromatic rings. The van der Waals surface area contributed by atoms with Gasteiger partial charge >= 0.3 is 5.97 Å². The molecule has 0 aliphatic heterocycles. The number of benzene rings is 1. The highest BCUT2D eigenvalue weighted by Crippen LogP contribution is 2.26. The van der Waals surface area contributed by atoms with E-state index in [-0.39, 0.29) is 18.7 Å². The van der Waals surface area contributed by atoms with Gasteiger partial charge in [0.2, 0.25) is 0 Å². The van der Waals surface area contributed by atoms with Gasteiger partial charge in [0.15, 0.2) is 0 Å². The molecule has 1 atom stereocenters. The number of aromatic amines is 1. The number of rotatable bonds is 7. The van der Waals surface area contributed by atoms with Crippen LogP contribution in [0.4, 0.5) is 0 Å². The van der Waals surface area contributed by atoms with Crippen molar-refractivity contribution in [2.24, 2.45) is 0 Å². The Kier molecular flexibility index (Phi) is 5.72. The summed E-state index contributed by atoms with van der Waals surface area (Å²) in [5.74, 6) is -1.68. The van der Waals surface area contributed by atoms with Crippen molar-refractivity contribution in [1.29, 1.82) is 0 Å². The molecule has 1 aromatic heterocycles. The summed E-state index contributed by atoms with van der Waals surface area (Å²) in [4.78, 5) is 23.3. The standard InChI is InChI=1S/C15H16ClN3O4/c1-23-7-6-11(15(21)22)17-14(20)13-8-12(18-19-13)9-4-2-3-5-10(9)16/h2-5,8,11H,6-7H2,1H3,(H,17,20)(H,18,19)(H,21,22). The van der Waals surface area contributed by atoms with Gasteiger partial charge in [-0.25, -0.2) is 4.79 Å². The van der Waals surface area contributed by atoms with Crippen molar-refractivity contribution in [2.45, 2.75) is 12.5 Å². The summed E-state index contributed by atoms with van der Waals surface area (Å²) < 4.78 is 4.84. The van der Waals surface area contributed by atoms with Gasteiger partial charge in [-0.05, 0) is 12.1 Å². The summed E-state index contributed by atoms with van der Waals surface area (Å²) in [6.45, 7) is 0.227. The van der Waals surface area contributed by atoms with Crippen LogP contribution in [0.5, 0.6) is 0 Å². The maximum atomic E-state index is 12.1. The molecule has 0 spiro atoms. The molecule has 1 aromatic carbocycles. The van der Waals surface area contributed by atoms with Gasteiger partial charge in [0, 0.05) is 25.7 Å². The number of hydrogen-bond acceptors (Lipinski definition) is 4. The van der Waals surface area contributed by atoms with Gasteiger partial charge < -0.3 is 15.2 Å². The van der Waals surface area contributed by atoms with Crippen LogP contribution in [0.3, 0.4) is 0 Å². The molecule has 0 aliphatic rings. The Hall–Kier alpha value is -2.38. The normalized spacial score (nSPS) is 11.9. The van der Waals surface area contributed by atoms with E-state index in [4.69, 9.17) is 21.4 Å². The molecule has 0 aliphatic carbocycles. The third kappa shape index (κ3) is 4.30. The summed E-state index contributed by atoms with van der Waals surface area (Å²) >= 11 is 6.08. The second-order valence-electron chi connectivity index (χ2n) is 4.79. The third-order valence-electron chi connectivity index (χ3n) is 3.19. The van der Waals surface area contributed by atoms with E-state index < -0.39 is 17.9 Å². The van der Waals surface area contributed by atoms with Crippen molar-refractivity contribution in [3.63, 3.8) is 0 Å². The van der Waals surface area contributed by atoms with Crippen molar-refractivity contribution in [3.8, 4) is 11.3 Å². The topological polar surface area (TPSA) is 104 Å². The summed E-state index contributed by atoms with van der Waals surface area (Å²) in [6.07, 6.45) is 0.170. The number of methoxy groups -OCH3 is 1. The van der Waals surface area contributed by atoms with Crippen LogP contribution in [0.15, 0.2) is 30.3 Å². The molecule has 2 rings (SSSR count). The minimum absolute atomic E-state index is 0.156. The fourth-order valence-corrected chi connectivity index (χ4v) is 2.21. The fraction of sp³-hybridized carbons (Fsp3) is 0.267. The number of nitrogens with zero attached hydrogens (tertiary/aromatic N) is 1. The van der Waals surface area contributed by atoms with E-state index in [2.05, 4.69) is 15.5 Å². The van der Waals surface area contributed by atoms with E-state index >= 15 is 0 Å². The average Bonchev–Trinajstić information content (AvgIpc) is 3.01. The van der Waals surface area contributed by atoms with Crippen LogP contribution >= 0.6 is 11.6 Å². The Bertz CT molecular complexity index is 702. The van der Waals surface area contributed by atoms with Gasteiger partial charge in [-0.15, -0.1) is 0 Å². The molecule has 23 heavy (non-hydrogen) atoms. The zero-order valence-electron chi connectivity index (χ0n) is 12.4. The van der Waals surface area contributed by atoms with Crippen molar-refractivity contribution in [2.75, 3.05) is 13.7 Å². The molecule has 0 fully saturated rings. The third-order valence-corrected chi connectivity index (χ3v) is 3.52. The molecule has 7 nitrogen and oxygen atoms in total. The van der Waals surface area contributed by atoms with Crippen molar-refractivity contribution in [1.82, 2.24) is 15.5 Å². The maximum absolute atomic E-state index is 12.1. The molecule has 0 radical (unpaired) electrons. The predicted molar refractivity (Wildman–Crippen MR) is 84.4 cm³/mol. The molecular weight excluding hydrogens is 322 g/mol. The fourth-order valence-electron chi connectivity index (χ4n) is 1.97. The van der Waals surface area contributed by atoms with E-state index in [9.17, 15) is 9.59 Å². The first-order valence-corrected chi connectivity index (χ1v) is 7.23. The van der Waals surface area contributed by atoms with Crippen LogP contribution in [0.25, 0.3) is 11.3 Å².